The molecule has 0 bridgehead atoms. The van der Waals surface area contributed by atoms with Crippen LogP contribution in [-0.4, -0.2) is 30.6 Å². The minimum Gasteiger partial charge on any atom is -0.488 e. The lowest BCUT2D eigenvalue weighted by Crippen LogP contribution is -2.30. The number of rotatable bonds is 6. The normalized spacial score (nSPS) is 16.4. The monoisotopic (exact) mass is 362 g/mol. The van der Waals surface area contributed by atoms with E-state index in [9.17, 15) is 4.79 Å². The lowest BCUT2D eigenvalue weighted by Gasteiger charge is -2.10. The molecule has 1 aliphatic rings. The van der Waals surface area contributed by atoms with Gasteiger partial charge < -0.3 is 14.8 Å². The predicted molar refractivity (Wildman–Crippen MR) is 104 cm³/mol. The molecular weight excluding hydrogens is 340 g/mol. The first kappa shape index (κ1) is 17.5. The van der Waals surface area contributed by atoms with Crippen molar-refractivity contribution in [1.29, 1.82) is 0 Å². The lowest BCUT2D eigenvalue weighted by molar-refractivity contribution is 0.0940. The summed E-state index contributed by atoms with van der Waals surface area (Å²) >= 11 is 0. The summed E-state index contributed by atoms with van der Waals surface area (Å²) < 4.78 is 11.3. The zero-order valence-electron chi connectivity index (χ0n) is 15.1. The fourth-order valence-electron chi connectivity index (χ4n) is 3.20. The Hall–Kier alpha value is -2.92. The average Bonchev–Trinajstić information content (AvgIpc) is 3.24. The number of fused-ring (bicyclic) bond motifs is 1. The zero-order chi connectivity index (χ0) is 18.5. The third kappa shape index (κ3) is 4.26. The fourth-order valence-corrected chi connectivity index (χ4v) is 3.20. The molecule has 4 rings (SSSR count). The van der Waals surface area contributed by atoms with E-state index in [1.54, 1.807) is 12.3 Å². The van der Waals surface area contributed by atoms with Gasteiger partial charge in [0.2, 0.25) is 0 Å². The van der Waals surface area contributed by atoms with Crippen molar-refractivity contribution in [2.45, 2.75) is 13.0 Å². The highest BCUT2D eigenvalue weighted by Crippen LogP contribution is 2.25. The Labute approximate surface area is 158 Å². The molecule has 0 aliphatic carbocycles. The quantitative estimate of drug-likeness (QED) is 0.728. The Kier molecular flexibility index (Phi) is 5.30. The highest BCUT2D eigenvalue weighted by molar-refractivity contribution is 5.92. The summed E-state index contributed by atoms with van der Waals surface area (Å²) in [5.41, 5.74) is 1.34. The van der Waals surface area contributed by atoms with E-state index in [-0.39, 0.29) is 5.91 Å². The van der Waals surface area contributed by atoms with Crippen LogP contribution in [0.4, 0.5) is 0 Å². The van der Waals surface area contributed by atoms with Gasteiger partial charge in [0.05, 0.1) is 6.61 Å². The van der Waals surface area contributed by atoms with E-state index in [4.69, 9.17) is 9.47 Å². The summed E-state index contributed by atoms with van der Waals surface area (Å²) in [4.78, 5) is 16.5. The van der Waals surface area contributed by atoms with E-state index in [1.165, 1.54) is 0 Å². The molecule has 1 N–H and O–H groups in total. The molecule has 27 heavy (non-hydrogen) atoms. The molecule has 5 heteroatoms. The largest absolute Gasteiger partial charge is 0.488 e. The Bertz CT molecular complexity index is 913. The van der Waals surface area contributed by atoms with Crippen molar-refractivity contribution in [3.8, 4) is 5.75 Å². The molecule has 5 nitrogen and oxygen atoms in total. The minimum atomic E-state index is -0.150. The zero-order valence-corrected chi connectivity index (χ0v) is 15.1. The Morgan fingerprint density at radius 1 is 1.15 bits per heavy atom. The molecule has 0 radical (unpaired) electrons. The molecule has 1 atom stereocenters. The molecule has 1 aliphatic heterocycles. The van der Waals surface area contributed by atoms with Crippen LogP contribution in [0.5, 0.6) is 5.75 Å². The second kappa shape index (κ2) is 8.18. The van der Waals surface area contributed by atoms with Crippen molar-refractivity contribution in [3.05, 3.63) is 72.1 Å². The highest BCUT2D eigenvalue weighted by Gasteiger charge is 2.17. The smallest absolute Gasteiger partial charge is 0.269 e. The molecule has 3 aromatic rings. The van der Waals surface area contributed by atoms with Gasteiger partial charge in [-0.2, -0.15) is 0 Å². The van der Waals surface area contributed by atoms with Crippen molar-refractivity contribution in [2.24, 2.45) is 5.92 Å². The van der Waals surface area contributed by atoms with Crippen LogP contribution < -0.4 is 10.1 Å². The number of carbonyl (C=O) groups is 1. The lowest BCUT2D eigenvalue weighted by atomic mass is 10.1. The molecule has 0 saturated carbocycles. The third-order valence-electron chi connectivity index (χ3n) is 4.78. The van der Waals surface area contributed by atoms with Gasteiger partial charge in [-0.15, -0.1) is 0 Å². The predicted octanol–water partition coefficient (Wildman–Crippen LogP) is 3.58. The topological polar surface area (TPSA) is 60.5 Å². The average molecular weight is 362 g/mol. The van der Waals surface area contributed by atoms with E-state index in [0.29, 0.717) is 24.8 Å². The number of ether oxygens (including phenoxy) is 2. The summed E-state index contributed by atoms with van der Waals surface area (Å²) in [6, 6.07) is 17.8. The second-order valence-electron chi connectivity index (χ2n) is 6.76. The Morgan fingerprint density at radius 3 is 2.85 bits per heavy atom. The second-order valence-corrected chi connectivity index (χ2v) is 6.76. The molecule has 2 heterocycles. The number of nitrogens with one attached hydrogen (secondary N) is 1. The number of nitrogens with zero attached hydrogens (tertiary/aromatic N) is 1. The SMILES string of the molecule is O=C(NCC1CCOC1)c1ccc(COc2cccc3ccccc23)cn1. The summed E-state index contributed by atoms with van der Waals surface area (Å²) in [7, 11) is 0. The number of benzene rings is 2. The summed E-state index contributed by atoms with van der Waals surface area (Å²) in [6.45, 7) is 2.54. The molecule has 2 aromatic carbocycles. The molecule has 1 saturated heterocycles. The van der Waals surface area contributed by atoms with Crippen molar-refractivity contribution in [1.82, 2.24) is 10.3 Å². The minimum absolute atomic E-state index is 0.150. The molecule has 0 spiro atoms. The number of carbonyl (C=O) groups excluding carboxylic acids is 1. The Balaban J connectivity index is 1.35. The van der Waals surface area contributed by atoms with Crippen LogP contribution in [0.1, 0.15) is 22.5 Å². The van der Waals surface area contributed by atoms with E-state index >= 15 is 0 Å². The van der Waals surface area contributed by atoms with Gasteiger partial charge in [-0.3, -0.25) is 9.78 Å². The molecule has 1 fully saturated rings. The first-order valence-electron chi connectivity index (χ1n) is 9.21. The van der Waals surface area contributed by atoms with Crippen LogP contribution in [0.3, 0.4) is 0 Å². The standard InChI is InChI=1S/C22H22N2O3/c25-22(24-13-17-10-11-26-14-17)20-9-8-16(12-23-20)15-27-21-7-3-5-18-4-1-2-6-19(18)21/h1-9,12,17H,10-11,13-15H2,(H,24,25). The van der Waals surface area contributed by atoms with Crippen molar-refractivity contribution in [3.63, 3.8) is 0 Å². The van der Waals surface area contributed by atoms with Crippen LogP contribution in [-0.2, 0) is 11.3 Å². The van der Waals surface area contributed by atoms with E-state index in [1.807, 2.05) is 36.4 Å². The molecule has 1 aromatic heterocycles. The van der Waals surface area contributed by atoms with Crippen molar-refractivity contribution in [2.75, 3.05) is 19.8 Å². The first-order valence-corrected chi connectivity index (χ1v) is 9.21. The van der Waals surface area contributed by atoms with Crippen LogP contribution >= 0.6 is 0 Å². The van der Waals surface area contributed by atoms with Gasteiger partial charge >= 0.3 is 0 Å². The number of hydrogen-bond donors (Lipinski definition) is 1. The van der Waals surface area contributed by atoms with Gasteiger partial charge in [0.15, 0.2) is 0 Å². The maximum atomic E-state index is 12.2. The van der Waals surface area contributed by atoms with Gasteiger partial charge in [0.25, 0.3) is 5.91 Å². The molecule has 138 valence electrons. The first-order chi connectivity index (χ1) is 13.3. The van der Waals surface area contributed by atoms with Gasteiger partial charge in [0, 0.05) is 36.2 Å². The third-order valence-corrected chi connectivity index (χ3v) is 4.78. The van der Waals surface area contributed by atoms with Crippen LogP contribution in [0, 0.1) is 5.92 Å². The fraction of sp³-hybridized carbons (Fsp3) is 0.273. The summed E-state index contributed by atoms with van der Waals surface area (Å²) in [5, 5.41) is 5.15. The van der Waals surface area contributed by atoms with E-state index in [0.717, 1.165) is 41.7 Å². The van der Waals surface area contributed by atoms with Crippen molar-refractivity contribution >= 4 is 16.7 Å². The van der Waals surface area contributed by atoms with Gasteiger partial charge in [-0.1, -0.05) is 42.5 Å². The van der Waals surface area contributed by atoms with Crippen LogP contribution in [0.15, 0.2) is 60.8 Å². The van der Waals surface area contributed by atoms with Gasteiger partial charge in [-0.25, -0.2) is 0 Å². The number of aromatic nitrogens is 1. The number of pyridine rings is 1. The van der Waals surface area contributed by atoms with Crippen molar-refractivity contribution < 1.29 is 14.3 Å². The summed E-state index contributed by atoms with van der Waals surface area (Å²) in [6.07, 6.45) is 2.69. The molecular formula is C22H22N2O3. The number of hydrogen-bond acceptors (Lipinski definition) is 4. The van der Waals surface area contributed by atoms with Gasteiger partial charge in [-0.05, 0) is 23.9 Å². The molecule has 1 unspecified atom stereocenters. The van der Waals surface area contributed by atoms with Gasteiger partial charge in [0.1, 0.15) is 18.1 Å². The maximum Gasteiger partial charge on any atom is 0.269 e. The highest BCUT2D eigenvalue weighted by atomic mass is 16.5. The number of amides is 1. The van der Waals surface area contributed by atoms with Crippen LogP contribution in [0.25, 0.3) is 10.8 Å². The molecule has 1 amide bonds. The summed E-state index contributed by atoms with van der Waals surface area (Å²) in [5.74, 6) is 1.10. The maximum absolute atomic E-state index is 12.2. The Morgan fingerprint density at radius 2 is 2.04 bits per heavy atom. The van der Waals surface area contributed by atoms with E-state index < -0.39 is 0 Å². The van der Waals surface area contributed by atoms with Crippen LogP contribution in [0.2, 0.25) is 0 Å². The van der Waals surface area contributed by atoms with E-state index in [2.05, 4.69) is 22.4 Å².